The third kappa shape index (κ3) is 2.14. The number of rotatable bonds is 2. The molecule has 1 atom stereocenters. The maximum absolute atomic E-state index is 3.57. The maximum atomic E-state index is 3.57. The van der Waals surface area contributed by atoms with Gasteiger partial charge >= 0.3 is 0 Å². The van der Waals surface area contributed by atoms with Gasteiger partial charge in [0.25, 0.3) is 0 Å². The van der Waals surface area contributed by atoms with Crippen molar-refractivity contribution in [3.05, 3.63) is 71.6 Å². The van der Waals surface area contributed by atoms with Gasteiger partial charge in [0.2, 0.25) is 0 Å². The van der Waals surface area contributed by atoms with Gasteiger partial charge in [-0.2, -0.15) is 0 Å². The predicted octanol–water partition coefficient (Wildman–Crippen LogP) is 4.66. The van der Waals surface area contributed by atoms with Gasteiger partial charge in [0.05, 0.1) is 0 Å². The summed E-state index contributed by atoms with van der Waals surface area (Å²) < 4.78 is 0. The largest absolute Gasteiger partial charge is 0.359 e. The first-order chi connectivity index (χ1) is 9.90. The second-order valence-corrected chi connectivity index (χ2v) is 6.63. The van der Waals surface area contributed by atoms with E-state index in [1.807, 2.05) is 11.8 Å². The van der Waals surface area contributed by atoms with E-state index in [9.17, 15) is 0 Å². The van der Waals surface area contributed by atoms with Crippen LogP contribution in [0.2, 0.25) is 0 Å². The summed E-state index contributed by atoms with van der Waals surface area (Å²) in [7, 11) is 0. The molecular formula is C18H17NS. The van der Waals surface area contributed by atoms with Crippen LogP contribution in [-0.4, -0.2) is 5.25 Å². The molecule has 1 aromatic carbocycles. The Labute approximate surface area is 124 Å². The van der Waals surface area contributed by atoms with E-state index < -0.39 is 0 Å². The van der Waals surface area contributed by atoms with Gasteiger partial charge < -0.3 is 5.32 Å². The van der Waals surface area contributed by atoms with Gasteiger partial charge in [-0.3, -0.25) is 0 Å². The van der Waals surface area contributed by atoms with Gasteiger partial charge in [0.15, 0.2) is 0 Å². The predicted molar refractivity (Wildman–Crippen MR) is 86.4 cm³/mol. The highest BCUT2D eigenvalue weighted by molar-refractivity contribution is 8.00. The second-order valence-electron chi connectivity index (χ2n) is 5.38. The van der Waals surface area contributed by atoms with Crippen molar-refractivity contribution in [2.75, 3.05) is 0 Å². The summed E-state index contributed by atoms with van der Waals surface area (Å²) in [6.45, 7) is 0. The van der Waals surface area contributed by atoms with Gasteiger partial charge in [-0.15, -0.1) is 11.8 Å². The summed E-state index contributed by atoms with van der Waals surface area (Å²) in [6, 6.07) is 8.75. The van der Waals surface area contributed by atoms with E-state index in [4.69, 9.17) is 0 Å². The molecule has 0 amide bonds. The number of hydrogen-bond acceptors (Lipinski definition) is 2. The van der Waals surface area contributed by atoms with Crippen LogP contribution in [0.1, 0.15) is 24.8 Å². The van der Waals surface area contributed by atoms with Crippen LogP contribution in [0.15, 0.2) is 70.9 Å². The zero-order valence-corrected chi connectivity index (χ0v) is 12.1. The fraction of sp³-hybridized carbons (Fsp3) is 0.222. The smallest absolute Gasteiger partial charge is 0.0405 e. The van der Waals surface area contributed by atoms with E-state index in [0.717, 1.165) is 12.8 Å². The average molecular weight is 279 g/mol. The molecule has 0 spiro atoms. The first-order valence-corrected chi connectivity index (χ1v) is 8.09. The zero-order chi connectivity index (χ0) is 13.4. The quantitative estimate of drug-likeness (QED) is 0.845. The lowest BCUT2D eigenvalue weighted by atomic mass is 9.95. The van der Waals surface area contributed by atoms with Crippen molar-refractivity contribution in [3.63, 3.8) is 0 Å². The lowest BCUT2D eigenvalue weighted by molar-refractivity contribution is 0.853. The molecule has 3 aliphatic rings. The van der Waals surface area contributed by atoms with Crippen LogP contribution in [-0.2, 0) is 0 Å². The molecular weight excluding hydrogens is 262 g/mol. The molecule has 0 saturated carbocycles. The van der Waals surface area contributed by atoms with Gasteiger partial charge in [-0.05, 0) is 42.2 Å². The molecule has 20 heavy (non-hydrogen) atoms. The van der Waals surface area contributed by atoms with Gasteiger partial charge in [-0.25, -0.2) is 0 Å². The topological polar surface area (TPSA) is 12.0 Å². The minimum absolute atomic E-state index is 0.577. The molecule has 2 aliphatic carbocycles. The van der Waals surface area contributed by atoms with Crippen LogP contribution >= 0.6 is 11.8 Å². The van der Waals surface area contributed by atoms with E-state index >= 15 is 0 Å². The number of thioether (sulfide) groups is 1. The Kier molecular flexibility index (Phi) is 3.04. The van der Waals surface area contributed by atoms with Gasteiger partial charge in [-0.1, -0.05) is 36.4 Å². The summed E-state index contributed by atoms with van der Waals surface area (Å²) in [5.41, 5.74) is 5.50. The van der Waals surface area contributed by atoms with Crippen LogP contribution in [0, 0.1) is 0 Å². The molecule has 2 heteroatoms. The number of nitrogens with one attached hydrogen (secondary N) is 1. The van der Waals surface area contributed by atoms with Crippen LogP contribution in [0.5, 0.6) is 0 Å². The van der Waals surface area contributed by atoms with Gasteiger partial charge in [0, 0.05) is 28.0 Å². The van der Waals surface area contributed by atoms with Crippen LogP contribution in [0.4, 0.5) is 0 Å². The molecule has 1 aromatic rings. The monoisotopic (exact) mass is 279 g/mol. The molecule has 100 valence electrons. The first-order valence-electron chi connectivity index (χ1n) is 7.21. The van der Waals surface area contributed by atoms with E-state index in [1.165, 1.54) is 33.8 Å². The molecule has 0 bridgehead atoms. The molecule has 1 nitrogen and oxygen atoms in total. The molecule has 4 rings (SSSR count). The molecule has 1 aliphatic heterocycles. The highest BCUT2D eigenvalue weighted by Crippen LogP contribution is 2.48. The van der Waals surface area contributed by atoms with E-state index in [-0.39, 0.29) is 0 Å². The molecule has 1 heterocycles. The van der Waals surface area contributed by atoms with Gasteiger partial charge in [0.1, 0.15) is 0 Å². The molecule has 1 unspecified atom stereocenters. The zero-order valence-electron chi connectivity index (χ0n) is 11.3. The van der Waals surface area contributed by atoms with E-state index in [0.29, 0.717) is 5.25 Å². The van der Waals surface area contributed by atoms with Crippen molar-refractivity contribution < 1.29 is 0 Å². The van der Waals surface area contributed by atoms with Crippen molar-refractivity contribution in [3.8, 4) is 0 Å². The van der Waals surface area contributed by atoms with E-state index in [1.54, 1.807) is 0 Å². The Morgan fingerprint density at radius 3 is 2.95 bits per heavy atom. The summed E-state index contributed by atoms with van der Waals surface area (Å²) in [6.07, 6.45) is 14.7. The van der Waals surface area contributed by atoms with Crippen molar-refractivity contribution in [1.29, 1.82) is 0 Å². The maximum Gasteiger partial charge on any atom is 0.0405 e. The van der Waals surface area contributed by atoms with Crippen molar-refractivity contribution in [1.82, 2.24) is 5.32 Å². The Morgan fingerprint density at radius 1 is 1.10 bits per heavy atom. The fourth-order valence-electron chi connectivity index (χ4n) is 2.99. The van der Waals surface area contributed by atoms with Crippen LogP contribution < -0.4 is 5.32 Å². The van der Waals surface area contributed by atoms with Crippen LogP contribution in [0.25, 0.3) is 5.57 Å². The highest BCUT2D eigenvalue weighted by Gasteiger charge is 2.29. The summed E-state index contributed by atoms with van der Waals surface area (Å²) in [5.74, 6) is 0. The lowest BCUT2D eigenvalue weighted by Gasteiger charge is -2.21. The van der Waals surface area contributed by atoms with Crippen LogP contribution in [0.3, 0.4) is 0 Å². The number of benzene rings is 1. The minimum Gasteiger partial charge on any atom is -0.359 e. The Balaban J connectivity index is 1.57. The number of fused-ring (bicyclic) bond motifs is 3. The normalized spacial score (nSPS) is 23.4. The lowest BCUT2D eigenvalue weighted by Crippen LogP contribution is -2.18. The average Bonchev–Trinajstić information content (AvgIpc) is 2.86. The molecule has 0 fully saturated rings. The van der Waals surface area contributed by atoms with E-state index in [2.05, 4.69) is 60.0 Å². The Morgan fingerprint density at radius 2 is 2.05 bits per heavy atom. The van der Waals surface area contributed by atoms with Crippen molar-refractivity contribution >= 4 is 17.3 Å². The van der Waals surface area contributed by atoms with Crippen molar-refractivity contribution in [2.45, 2.75) is 29.4 Å². The summed E-state index contributed by atoms with van der Waals surface area (Å²) >= 11 is 2.00. The number of hydrogen-bond donors (Lipinski definition) is 1. The molecule has 1 N–H and O–H groups in total. The molecule has 0 saturated heterocycles. The standard InChI is InChI=1S/C18H17NS/c1-2-6-13(7-3-1)19-14-10-11-16-15-8-4-5-9-17(15)20-18(16)12-14/h2,4-11,18-19H,1,3,12H2. The first kappa shape index (κ1) is 12.1. The third-order valence-corrected chi connectivity index (χ3v) is 5.30. The minimum atomic E-state index is 0.577. The SMILES string of the molecule is C1=CC(NC2=CC=C3c4ccccc4SC3C2)=CCC1. The fourth-order valence-corrected chi connectivity index (χ4v) is 4.36. The molecule has 0 aromatic heterocycles. The Hall–Kier alpha value is -1.67. The second kappa shape index (κ2) is 5.02. The number of allylic oxidation sites excluding steroid dienone is 6. The summed E-state index contributed by atoms with van der Waals surface area (Å²) in [5, 5.41) is 4.15. The highest BCUT2D eigenvalue weighted by atomic mass is 32.2. The molecule has 0 radical (unpaired) electrons. The van der Waals surface area contributed by atoms with Crippen molar-refractivity contribution in [2.24, 2.45) is 0 Å². The summed E-state index contributed by atoms with van der Waals surface area (Å²) in [4.78, 5) is 1.43. The third-order valence-electron chi connectivity index (χ3n) is 3.98. The Bertz CT molecular complexity index is 664.